The minimum Gasteiger partial charge on any atom is -0.457 e. The first-order valence-corrected chi connectivity index (χ1v) is 7.69. The summed E-state index contributed by atoms with van der Waals surface area (Å²) in [4.78, 5) is 24.0. The van der Waals surface area contributed by atoms with E-state index in [0.29, 0.717) is 17.6 Å². The van der Waals surface area contributed by atoms with E-state index in [2.05, 4.69) is 20.9 Å². The molecule has 2 aromatic heterocycles. The van der Waals surface area contributed by atoms with Crippen molar-refractivity contribution in [3.63, 3.8) is 0 Å². The number of esters is 1. The number of carbonyl (C=O) groups is 1. The molecule has 0 spiro atoms. The summed E-state index contributed by atoms with van der Waals surface area (Å²) in [5, 5.41) is 0. The third-order valence-electron chi connectivity index (χ3n) is 4.57. The first kappa shape index (κ1) is 16.2. The molecule has 0 aliphatic carbocycles. The number of nitrogen functional groups attached to an aromatic ring is 1. The van der Waals surface area contributed by atoms with Crippen LogP contribution in [0.2, 0.25) is 0 Å². The summed E-state index contributed by atoms with van der Waals surface area (Å²) in [6.07, 6.45) is 8.01. The normalized spacial score (nSPS) is 29.5. The Morgan fingerprint density at radius 1 is 1.54 bits per heavy atom. The highest BCUT2D eigenvalue weighted by Gasteiger charge is 2.53. The van der Waals surface area contributed by atoms with Crippen molar-refractivity contribution in [3.8, 4) is 12.3 Å². The molecular weight excluding hydrogens is 310 g/mol. The third kappa shape index (κ3) is 2.29. The SMILES string of the molecule is C#C[C@]1(CC)O[C@@H](n2cnc3c(N)ncnc32)[C@@H](OC(C)=O)C1C. The molecule has 1 aliphatic rings. The minimum atomic E-state index is -0.833. The van der Waals surface area contributed by atoms with Crippen molar-refractivity contribution in [2.75, 3.05) is 5.73 Å². The van der Waals surface area contributed by atoms with Crippen LogP contribution in [0.25, 0.3) is 11.2 Å². The summed E-state index contributed by atoms with van der Waals surface area (Å²) in [5.74, 6) is 2.40. The van der Waals surface area contributed by atoms with Gasteiger partial charge in [0.15, 0.2) is 23.8 Å². The Hall–Kier alpha value is -2.66. The molecule has 2 aromatic rings. The van der Waals surface area contributed by atoms with Gasteiger partial charge in [-0.25, -0.2) is 15.0 Å². The molecule has 24 heavy (non-hydrogen) atoms. The number of ether oxygens (including phenoxy) is 2. The molecule has 0 aromatic carbocycles. The van der Waals surface area contributed by atoms with Gasteiger partial charge in [-0.05, 0) is 6.42 Å². The second-order valence-corrected chi connectivity index (χ2v) is 5.84. The molecule has 1 unspecified atom stereocenters. The first-order valence-electron chi connectivity index (χ1n) is 7.69. The molecule has 8 heteroatoms. The lowest BCUT2D eigenvalue weighted by Gasteiger charge is -2.25. The smallest absolute Gasteiger partial charge is 0.303 e. The van der Waals surface area contributed by atoms with E-state index in [9.17, 15) is 4.79 Å². The Morgan fingerprint density at radius 3 is 2.92 bits per heavy atom. The maximum atomic E-state index is 11.6. The van der Waals surface area contributed by atoms with Crippen LogP contribution in [0.3, 0.4) is 0 Å². The molecule has 0 saturated carbocycles. The average Bonchev–Trinajstić information content (AvgIpc) is 3.09. The summed E-state index contributed by atoms with van der Waals surface area (Å²) < 4.78 is 13.4. The van der Waals surface area contributed by atoms with Crippen LogP contribution in [-0.4, -0.2) is 37.2 Å². The number of imidazole rings is 1. The largest absolute Gasteiger partial charge is 0.457 e. The van der Waals surface area contributed by atoms with Gasteiger partial charge in [-0.15, -0.1) is 6.42 Å². The number of anilines is 1. The number of carbonyl (C=O) groups excluding carboxylic acids is 1. The van der Waals surface area contributed by atoms with Gasteiger partial charge >= 0.3 is 5.97 Å². The molecular formula is C16H19N5O3. The van der Waals surface area contributed by atoms with E-state index in [1.165, 1.54) is 13.3 Å². The van der Waals surface area contributed by atoms with Crippen molar-refractivity contribution in [3.05, 3.63) is 12.7 Å². The summed E-state index contributed by atoms with van der Waals surface area (Å²) in [7, 11) is 0. The lowest BCUT2D eigenvalue weighted by molar-refractivity contribution is -0.153. The molecule has 0 radical (unpaired) electrons. The monoisotopic (exact) mass is 329 g/mol. The van der Waals surface area contributed by atoms with Gasteiger partial charge in [0.1, 0.15) is 17.4 Å². The van der Waals surface area contributed by atoms with E-state index < -0.39 is 23.9 Å². The maximum absolute atomic E-state index is 11.6. The van der Waals surface area contributed by atoms with Crippen LogP contribution < -0.4 is 5.73 Å². The Labute approximate surface area is 139 Å². The van der Waals surface area contributed by atoms with Gasteiger partial charge in [-0.1, -0.05) is 19.8 Å². The van der Waals surface area contributed by atoms with Crippen molar-refractivity contribution in [2.45, 2.75) is 45.1 Å². The molecule has 126 valence electrons. The number of fused-ring (bicyclic) bond motifs is 1. The average molecular weight is 329 g/mol. The van der Waals surface area contributed by atoms with E-state index in [4.69, 9.17) is 21.6 Å². The second kappa shape index (κ2) is 5.76. The molecule has 1 saturated heterocycles. The number of hydrogen-bond acceptors (Lipinski definition) is 7. The molecule has 3 heterocycles. The van der Waals surface area contributed by atoms with E-state index in [0.717, 1.165) is 0 Å². The van der Waals surface area contributed by atoms with Crippen LogP contribution in [0.1, 0.15) is 33.4 Å². The van der Waals surface area contributed by atoms with Gasteiger partial charge in [0, 0.05) is 12.8 Å². The Bertz CT molecular complexity index is 827. The molecule has 4 atom stereocenters. The van der Waals surface area contributed by atoms with Gasteiger partial charge in [-0.2, -0.15) is 0 Å². The number of hydrogen-bond donors (Lipinski definition) is 1. The Balaban J connectivity index is 2.11. The molecule has 2 N–H and O–H groups in total. The third-order valence-corrected chi connectivity index (χ3v) is 4.57. The second-order valence-electron chi connectivity index (χ2n) is 5.84. The van der Waals surface area contributed by atoms with Crippen LogP contribution in [0, 0.1) is 18.3 Å². The van der Waals surface area contributed by atoms with Crippen molar-refractivity contribution >= 4 is 23.0 Å². The van der Waals surface area contributed by atoms with Gasteiger partial charge in [0.25, 0.3) is 0 Å². The minimum absolute atomic E-state index is 0.196. The fraction of sp³-hybridized carbons (Fsp3) is 0.500. The Kier molecular flexibility index (Phi) is 3.89. The van der Waals surface area contributed by atoms with Gasteiger partial charge in [-0.3, -0.25) is 9.36 Å². The van der Waals surface area contributed by atoms with Crippen molar-refractivity contribution in [1.29, 1.82) is 0 Å². The standard InChI is InChI=1S/C16H19N5O3/c1-5-16(6-2)9(3)12(23-10(4)22)15(24-16)21-8-20-11-13(17)18-7-19-14(11)21/h1,7-9,12,15H,6H2,2-4H3,(H2,17,18,19)/t9?,12-,15+,16+/m0/s1. The lowest BCUT2D eigenvalue weighted by Crippen LogP contribution is -2.35. The number of aromatic nitrogens is 4. The highest BCUT2D eigenvalue weighted by molar-refractivity contribution is 5.81. The van der Waals surface area contributed by atoms with Gasteiger partial charge < -0.3 is 15.2 Å². The summed E-state index contributed by atoms with van der Waals surface area (Å²) in [6, 6.07) is 0. The highest BCUT2D eigenvalue weighted by atomic mass is 16.6. The Morgan fingerprint density at radius 2 is 2.29 bits per heavy atom. The zero-order chi connectivity index (χ0) is 17.5. The topological polar surface area (TPSA) is 105 Å². The molecule has 3 rings (SSSR count). The predicted octanol–water partition coefficient (Wildman–Crippen LogP) is 1.29. The molecule has 0 bridgehead atoms. The highest BCUT2D eigenvalue weighted by Crippen LogP contribution is 2.45. The first-order chi connectivity index (χ1) is 11.4. The molecule has 8 nitrogen and oxygen atoms in total. The van der Waals surface area contributed by atoms with E-state index >= 15 is 0 Å². The van der Waals surface area contributed by atoms with E-state index in [1.807, 2.05) is 13.8 Å². The zero-order valence-electron chi connectivity index (χ0n) is 13.8. The van der Waals surface area contributed by atoms with E-state index in [-0.39, 0.29) is 11.7 Å². The summed E-state index contributed by atoms with van der Waals surface area (Å²) in [6.45, 7) is 5.22. The predicted molar refractivity (Wildman–Crippen MR) is 86.4 cm³/mol. The summed E-state index contributed by atoms with van der Waals surface area (Å²) >= 11 is 0. The lowest BCUT2D eigenvalue weighted by atomic mass is 9.85. The van der Waals surface area contributed by atoms with Crippen LogP contribution in [0.5, 0.6) is 0 Å². The zero-order valence-corrected chi connectivity index (χ0v) is 13.8. The maximum Gasteiger partial charge on any atom is 0.303 e. The van der Waals surface area contributed by atoms with Crippen molar-refractivity contribution in [1.82, 2.24) is 19.5 Å². The van der Waals surface area contributed by atoms with Crippen LogP contribution in [-0.2, 0) is 14.3 Å². The number of terminal acetylenes is 1. The molecule has 1 fully saturated rings. The number of nitrogens with two attached hydrogens (primary N) is 1. The number of nitrogens with zero attached hydrogens (tertiary/aromatic N) is 4. The van der Waals surface area contributed by atoms with Crippen molar-refractivity contribution in [2.24, 2.45) is 5.92 Å². The number of rotatable bonds is 3. The van der Waals surface area contributed by atoms with Crippen LogP contribution in [0.4, 0.5) is 5.82 Å². The summed E-state index contributed by atoms with van der Waals surface area (Å²) in [5.41, 5.74) is 5.96. The van der Waals surface area contributed by atoms with Crippen LogP contribution >= 0.6 is 0 Å². The van der Waals surface area contributed by atoms with E-state index in [1.54, 1.807) is 10.9 Å². The van der Waals surface area contributed by atoms with Gasteiger partial charge in [0.05, 0.1) is 6.33 Å². The fourth-order valence-corrected chi connectivity index (χ4v) is 3.20. The van der Waals surface area contributed by atoms with Crippen molar-refractivity contribution < 1.29 is 14.3 Å². The quantitative estimate of drug-likeness (QED) is 0.668. The van der Waals surface area contributed by atoms with Gasteiger partial charge in [0.2, 0.25) is 0 Å². The van der Waals surface area contributed by atoms with Crippen LogP contribution in [0.15, 0.2) is 12.7 Å². The fourth-order valence-electron chi connectivity index (χ4n) is 3.20. The molecule has 0 amide bonds. The molecule has 1 aliphatic heterocycles.